The number of fused-ring (bicyclic) bond motifs is 1. The molecule has 0 radical (unpaired) electrons. The Morgan fingerprint density at radius 1 is 1.26 bits per heavy atom. The smallest absolute Gasteiger partial charge is 0.119 e. The summed E-state index contributed by atoms with van der Waals surface area (Å²) in [7, 11) is 3.49. The highest BCUT2D eigenvalue weighted by Crippen LogP contribution is 2.25. The van der Waals surface area contributed by atoms with Crippen LogP contribution in [0.5, 0.6) is 5.75 Å². The van der Waals surface area contributed by atoms with Crippen molar-refractivity contribution < 1.29 is 9.47 Å². The largest absolute Gasteiger partial charge is 0.497 e. The van der Waals surface area contributed by atoms with Crippen LogP contribution in [0.1, 0.15) is 31.4 Å². The SMILES string of the molecule is COc1ccc2c(c1)C[C@H](NCC(C)(C)OC)CC2. The summed E-state index contributed by atoms with van der Waals surface area (Å²) in [5.74, 6) is 0.955. The Balaban J connectivity index is 1.97. The van der Waals surface area contributed by atoms with E-state index in [1.165, 1.54) is 17.5 Å². The Hall–Kier alpha value is -1.06. The molecule has 1 aromatic carbocycles. The van der Waals surface area contributed by atoms with Crippen molar-refractivity contribution in [2.45, 2.75) is 44.8 Å². The monoisotopic (exact) mass is 263 g/mol. The van der Waals surface area contributed by atoms with Crippen LogP contribution in [0, 0.1) is 0 Å². The van der Waals surface area contributed by atoms with Gasteiger partial charge < -0.3 is 14.8 Å². The van der Waals surface area contributed by atoms with Crippen LogP contribution in [0.25, 0.3) is 0 Å². The van der Waals surface area contributed by atoms with Crippen molar-refractivity contribution in [1.82, 2.24) is 5.32 Å². The van der Waals surface area contributed by atoms with Gasteiger partial charge in [-0.25, -0.2) is 0 Å². The Labute approximate surface area is 116 Å². The molecule has 0 saturated carbocycles. The normalized spacial score (nSPS) is 19.1. The number of aryl methyl sites for hydroxylation is 1. The van der Waals surface area contributed by atoms with E-state index in [-0.39, 0.29) is 5.60 Å². The molecule has 0 unspecified atom stereocenters. The molecule has 19 heavy (non-hydrogen) atoms. The number of hydrogen-bond donors (Lipinski definition) is 1. The number of nitrogens with one attached hydrogen (secondary N) is 1. The molecule has 1 aromatic rings. The molecule has 0 fully saturated rings. The van der Waals surface area contributed by atoms with Gasteiger partial charge in [-0.2, -0.15) is 0 Å². The maximum absolute atomic E-state index is 5.45. The van der Waals surface area contributed by atoms with Gasteiger partial charge in [0.1, 0.15) is 5.75 Å². The van der Waals surface area contributed by atoms with Gasteiger partial charge in [0.2, 0.25) is 0 Å². The second-order valence-corrected chi connectivity index (χ2v) is 5.92. The van der Waals surface area contributed by atoms with E-state index in [2.05, 4.69) is 37.4 Å². The average molecular weight is 263 g/mol. The van der Waals surface area contributed by atoms with Gasteiger partial charge in [0.15, 0.2) is 0 Å². The summed E-state index contributed by atoms with van der Waals surface area (Å²) in [6.45, 7) is 5.10. The van der Waals surface area contributed by atoms with Gasteiger partial charge in [0.25, 0.3) is 0 Å². The lowest BCUT2D eigenvalue weighted by Gasteiger charge is -2.30. The molecule has 3 heteroatoms. The van der Waals surface area contributed by atoms with Crippen LogP contribution in [0.4, 0.5) is 0 Å². The highest BCUT2D eigenvalue weighted by Gasteiger charge is 2.22. The Kier molecular flexibility index (Phi) is 4.48. The van der Waals surface area contributed by atoms with Crippen molar-refractivity contribution in [2.24, 2.45) is 0 Å². The van der Waals surface area contributed by atoms with Crippen LogP contribution in [-0.2, 0) is 17.6 Å². The summed E-state index contributed by atoms with van der Waals surface area (Å²) in [5, 5.41) is 3.63. The fourth-order valence-corrected chi connectivity index (χ4v) is 2.50. The first-order chi connectivity index (χ1) is 9.04. The highest BCUT2D eigenvalue weighted by atomic mass is 16.5. The minimum Gasteiger partial charge on any atom is -0.497 e. The second kappa shape index (κ2) is 5.93. The fraction of sp³-hybridized carbons (Fsp3) is 0.625. The zero-order valence-corrected chi connectivity index (χ0v) is 12.5. The highest BCUT2D eigenvalue weighted by molar-refractivity contribution is 5.37. The zero-order chi connectivity index (χ0) is 13.9. The Morgan fingerprint density at radius 2 is 2.05 bits per heavy atom. The van der Waals surface area contributed by atoms with Gasteiger partial charge in [-0.05, 0) is 56.4 Å². The van der Waals surface area contributed by atoms with E-state index >= 15 is 0 Å². The summed E-state index contributed by atoms with van der Waals surface area (Å²) in [6, 6.07) is 6.96. The van der Waals surface area contributed by atoms with Gasteiger partial charge in [-0.15, -0.1) is 0 Å². The van der Waals surface area contributed by atoms with Crippen molar-refractivity contribution in [2.75, 3.05) is 20.8 Å². The summed E-state index contributed by atoms with van der Waals surface area (Å²) in [4.78, 5) is 0. The minimum absolute atomic E-state index is 0.103. The van der Waals surface area contributed by atoms with E-state index in [1.807, 2.05) is 0 Å². The first-order valence-corrected chi connectivity index (χ1v) is 6.98. The number of ether oxygens (including phenoxy) is 2. The molecule has 0 bridgehead atoms. The standard InChI is InChI=1S/C16H25NO2/c1-16(2,19-4)11-17-14-7-5-12-6-8-15(18-3)10-13(12)9-14/h6,8,10,14,17H,5,7,9,11H2,1-4H3/t14-/m1/s1. The van der Waals surface area contributed by atoms with E-state index in [9.17, 15) is 0 Å². The summed E-state index contributed by atoms with van der Waals surface area (Å²) >= 11 is 0. The molecular weight excluding hydrogens is 238 g/mol. The number of rotatable bonds is 5. The third-order valence-corrected chi connectivity index (χ3v) is 4.01. The Morgan fingerprint density at radius 3 is 2.74 bits per heavy atom. The van der Waals surface area contributed by atoms with Crippen molar-refractivity contribution in [1.29, 1.82) is 0 Å². The molecule has 0 aromatic heterocycles. The predicted molar refractivity (Wildman–Crippen MR) is 77.9 cm³/mol. The molecule has 0 heterocycles. The average Bonchev–Trinajstić information content (AvgIpc) is 2.44. The quantitative estimate of drug-likeness (QED) is 0.885. The molecule has 1 aliphatic rings. The van der Waals surface area contributed by atoms with E-state index in [0.29, 0.717) is 6.04 Å². The van der Waals surface area contributed by atoms with Gasteiger partial charge in [0, 0.05) is 19.7 Å². The summed E-state index contributed by atoms with van der Waals surface area (Å²) < 4.78 is 10.8. The molecule has 1 aliphatic carbocycles. The number of hydrogen-bond acceptors (Lipinski definition) is 3. The van der Waals surface area contributed by atoms with E-state index in [4.69, 9.17) is 9.47 Å². The van der Waals surface area contributed by atoms with Gasteiger partial charge in [0.05, 0.1) is 12.7 Å². The van der Waals surface area contributed by atoms with Crippen molar-refractivity contribution in [3.63, 3.8) is 0 Å². The number of benzene rings is 1. The third kappa shape index (κ3) is 3.71. The maximum Gasteiger partial charge on any atom is 0.119 e. The van der Waals surface area contributed by atoms with Gasteiger partial charge in [-0.3, -0.25) is 0 Å². The topological polar surface area (TPSA) is 30.5 Å². The molecule has 0 amide bonds. The lowest BCUT2D eigenvalue weighted by Crippen LogP contribution is -2.44. The van der Waals surface area contributed by atoms with E-state index in [0.717, 1.165) is 25.1 Å². The lowest BCUT2D eigenvalue weighted by molar-refractivity contribution is 0.0207. The van der Waals surface area contributed by atoms with Gasteiger partial charge in [-0.1, -0.05) is 6.07 Å². The number of methoxy groups -OCH3 is 2. The van der Waals surface area contributed by atoms with Crippen molar-refractivity contribution >= 4 is 0 Å². The zero-order valence-electron chi connectivity index (χ0n) is 12.5. The molecule has 0 saturated heterocycles. The first-order valence-electron chi connectivity index (χ1n) is 6.98. The molecule has 1 N–H and O–H groups in total. The molecule has 3 nitrogen and oxygen atoms in total. The molecular formula is C16H25NO2. The lowest BCUT2D eigenvalue weighted by atomic mass is 9.88. The van der Waals surface area contributed by atoms with Crippen LogP contribution in [0.2, 0.25) is 0 Å². The summed E-state index contributed by atoms with van der Waals surface area (Å²) in [6.07, 6.45) is 3.41. The fourth-order valence-electron chi connectivity index (χ4n) is 2.50. The van der Waals surface area contributed by atoms with Crippen LogP contribution < -0.4 is 10.1 Å². The van der Waals surface area contributed by atoms with Gasteiger partial charge >= 0.3 is 0 Å². The van der Waals surface area contributed by atoms with Crippen LogP contribution in [0.3, 0.4) is 0 Å². The van der Waals surface area contributed by atoms with Crippen molar-refractivity contribution in [3.8, 4) is 5.75 Å². The Bertz CT molecular complexity index is 429. The molecule has 1 atom stereocenters. The predicted octanol–water partition coefficient (Wildman–Crippen LogP) is 2.57. The minimum atomic E-state index is -0.103. The second-order valence-electron chi connectivity index (χ2n) is 5.92. The van der Waals surface area contributed by atoms with E-state index < -0.39 is 0 Å². The van der Waals surface area contributed by atoms with Crippen LogP contribution in [-0.4, -0.2) is 32.4 Å². The van der Waals surface area contributed by atoms with E-state index in [1.54, 1.807) is 14.2 Å². The molecule has 2 rings (SSSR count). The van der Waals surface area contributed by atoms with Crippen LogP contribution >= 0.6 is 0 Å². The van der Waals surface area contributed by atoms with Crippen molar-refractivity contribution in [3.05, 3.63) is 29.3 Å². The molecule has 0 spiro atoms. The summed E-state index contributed by atoms with van der Waals surface area (Å²) in [5.41, 5.74) is 2.78. The first kappa shape index (κ1) is 14.4. The molecule has 0 aliphatic heterocycles. The maximum atomic E-state index is 5.45. The molecule has 106 valence electrons. The van der Waals surface area contributed by atoms with Crippen LogP contribution in [0.15, 0.2) is 18.2 Å². The third-order valence-electron chi connectivity index (χ3n) is 4.01.